The van der Waals surface area contributed by atoms with Crippen molar-refractivity contribution in [1.82, 2.24) is 15.0 Å². The number of hydrogen-bond acceptors (Lipinski definition) is 4. The van der Waals surface area contributed by atoms with Crippen LogP contribution < -0.4 is 0 Å². The zero-order valence-electron chi connectivity index (χ0n) is 48.7. The van der Waals surface area contributed by atoms with Crippen LogP contribution in [-0.4, -0.2) is 15.0 Å². The van der Waals surface area contributed by atoms with Gasteiger partial charge in [-0.25, -0.2) is 4.39 Å². The van der Waals surface area contributed by atoms with Crippen LogP contribution in [0.4, 0.5) is 4.39 Å². The van der Waals surface area contributed by atoms with Gasteiger partial charge in [0.25, 0.3) is 0 Å². The smallest absolute Gasteiger partial charge is 0.500 e. The van der Waals surface area contributed by atoms with Gasteiger partial charge in [-0.3, -0.25) is 0 Å². The predicted octanol–water partition coefficient (Wildman–Crippen LogP) is 13.3. The van der Waals surface area contributed by atoms with Gasteiger partial charge in [-0.1, -0.05) is 86.3 Å². The third kappa shape index (κ3) is 10.00. The van der Waals surface area contributed by atoms with Gasteiger partial charge in [0.1, 0.15) is 11.4 Å². The minimum Gasteiger partial charge on any atom is -0.500 e. The summed E-state index contributed by atoms with van der Waals surface area (Å²) in [7, 11) is 0. The molecule has 9 aromatic rings. The van der Waals surface area contributed by atoms with Gasteiger partial charge in [0.15, 0.2) is 0 Å². The first-order valence-electron chi connectivity index (χ1n) is 27.0. The Labute approximate surface area is 398 Å². The summed E-state index contributed by atoms with van der Waals surface area (Å²) >= 11 is 0. The van der Waals surface area contributed by atoms with Crippen LogP contribution in [0.2, 0.25) is 0 Å². The maximum atomic E-state index is 15.4. The monoisotopic (exact) mass is 1000 g/mol. The summed E-state index contributed by atoms with van der Waals surface area (Å²) in [6, 6.07) is 37.7. The van der Waals surface area contributed by atoms with E-state index >= 15 is 4.39 Å². The molecule has 0 saturated heterocycles. The Bertz CT molecular complexity index is 3520. The van der Waals surface area contributed by atoms with Crippen molar-refractivity contribution in [2.75, 3.05) is 0 Å². The molecule has 9 rings (SSSR count). The van der Waals surface area contributed by atoms with E-state index in [9.17, 15) is 19.2 Å². The van der Waals surface area contributed by atoms with Gasteiger partial charge in [-0.05, 0) is 118 Å². The Morgan fingerprint density at radius 3 is 1.73 bits per heavy atom. The topological polar surface area (TPSA) is 51.8 Å². The molecule has 0 aliphatic rings. The molecule has 62 heavy (non-hydrogen) atoms. The molecule has 4 heterocycles. The molecule has 0 aliphatic heterocycles. The standard InChI is InChI=1S/C56H47FN3O.Ir/c1-56(2,3)34-46-33-52(47-16-10-17-48-54-49(57)18-11-19-53(54)61-55(47)48)60-37-45(46)27-24-42-31-40(22-20-38-25-28-50(58-35-38)43-12-6-4-7-13-43)30-41(32-42)23-21-39-26-29-51(59-36-39)44-14-8-5-9-15-44;/h4-12,14,17-19,25-26,28-33,35-37H,20-24,27,34H2,1-3H3;/q-3;+3/i18D,20D2,21D2,22D2,23D2,24D2,27D2,34D2;. The second-order valence-corrected chi connectivity index (χ2v) is 15.2. The van der Waals surface area contributed by atoms with E-state index in [1.807, 2.05) is 0 Å². The van der Waals surface area contributed by atoms with Gasteiger partial charge < -0.3 is 19.4 Å². The van der Waals surface area contributed by atoms with Crippen molar-refractivity contribution >= 4 is 21.9 Å². The number of hydrogen-bond donors (Lipinski definition) is 0. The molecule has 0 N–H and O–H groups in total. The molecular weight excluding hydrogens is 942 g/mol. The summed E-state index contributed by atoms with van der Waals surface area (Å²) in [6.45, 7) is 4.67. The van der Waals surface area contributed by atoms with E-state index < -0.39 is 78.1 Å². The summed E-state index contributed by atoms with van der Waals surface area (Å²) in [5.74, 6) is -0.834. The normalized spacial score (nSPS) is 16.7. The Hall–Kier alpha value is -6.07. The largest absolute Gasteiger partial charge is 3.00 e. The van der Waals surface area contributed by atoms with Crippen LogP contribution in [0.25, 0.3) is 55.7 Å². The molecule has 0 fully saturated rings. The summed E-state index contributed by atoms with van der Waals surface area (Å²) in [6.07, 6.45) is -18.4. The average Bonchev–Trinajstić information content (AvgIpc) is 3.84. The van der Waals surface area contributed by atoms with Crippen LogP contribution in [0.1, 0.15) is 80.3 Å². The number of aromatic nitrogens is 3. The van der Waals surface area contributed by atoms with Gasteiger partial charge in [-0.2, -0.15) is 0 Å². The molecule has 0 bridgehead atoms. The molecule has 0 amide bonds. The van der Waals surface area contributed by atoms with Crippen molar-refractivity contribution in [1.29, 1.82) is 0 Å². The summed E-state index contributed by atoms with van der Waals surface area (Å²) in [5.41, 5.74) is -2.63. The molecule has 0 radical (unpaired) electrons. The minimum atomic E-state index is -3.39. The van der Waals surface area contributed by atoms with Crippen LogP contribution in [0, 0.1) is 29.4 Å². The van der Waals surface area contributed by atoms with Crippen LogP contribution >= 0.6 is 0 Å². The molecular formula is C56H47FIrN3O. The second kappa shape index (κ2) is 18.9. The predicted molar refractivity (Wildman–Crippen MR) is 245 cm³/mol. The Morgan fingerprint density at radius 1 is 0.597 bits per heavy atom. The number of furan rings is 1. The van der Waals surface area contributed by atoms with E-state index in [2.05, 4.69) is 33.2 Å². The summed E-state index contributed by atoms with van der Waals surface area (Å²) < 4.78 is 163. The molecule has 6 heteroatoms. The van der Waals surface area contributed by atoms with Crippen LogP contribution in [-0.2, 0) is 64.7 Å². The Kier molecular flexibility index (Phi) is 8.47. The second-order valence-electron chi connectivity index (χ2n) is 15.2. The number of rotatable bonds is 13. The average molecular weight is 1000 g/mol. The number of nitrogens with zero attached hydrogens (tertiary/aromatic N) is 3. The molecule has 0 unspecified atom stereocenters. The fourth-order valence-corrected chi connectivity index (χ4v) is 6.71. The number of benzene rings is 5. The summed E-state index contributed by atoms with van der Waals surface area (Å²) in [5, 5.41) is 0.282. The zero-order chi connectivity index (χ0) is 55.2. The molecule has 0 aliphatic carbocycles. The molecule has 5 aromatic carbocycles. The van der Waals surface area contributed by atoms with Crippen LogP contribution in [0.3, 0.4) is 0 Å². The SMILES string of the molecule is [2H]c1ccc2oc3c(-c4cc(C([2H])([2H])C(C)(C)C)c(C([2H])([2H])C([2H])([2H])c5cc(C([2H])([2H])C([2H])([2H])c6ccc(-c7[c-]cccc7)nc6)cc(C([2H])([2H])C([2H])([2H])c6ccc(-c7[c-]cccc7)nc6)c5)cn4)[c-]ccc3c2c1F.[Ir+3]. The maximum absolute atomic E-state index is 15.4. The van der Waals surface area contributed by atoms with Crippen molar-refractivity contribution in [2.45, 2.75) is 65.4 Å². The Balaban J connectivity index is 0.00000784. The van der Waals surface area contributed by atoms with Crippen LogP contribution in [0.15, 0.2) is 150 Å². The van der Waals surface area contributed by atoms with E-state index in [0.29, 0.717) is 22.5 Å². The van der Waals surface area contributed by atoms with Crippen molar-refractivity contribution < 1.29 is 49.5 Å². The maximum Gasteiger partial charge on any atom is 3.00 e. The first kappa shape index (κ1) is 27.8. The molecule has 308 valence electrons. The van der Waals surface area contributed by atoms with Crippen molar-refractivity contribution in [2.24, 2.45) is 5.41 Å². The Morgan fingerprint density at radius 2 is 1.18 bits per heavy atom. The van der Waals surface area contributed by atoms with Gasteiger partial charge in [0.05, 0.1) is 6.95 Å². The zero-order valence-corrected chi connectivity index (χ0v) is 36.1. The van der Waals surface area contributed by atoms with E-state index in [1.54, 1.807) is 69.3 Å². The third-order valence-electron chi connectivity index (χ3n) is 9.49. The number of fused-ring (bicyclic) bond motifs is 3. The van der Waals surface area contributed by atoms with E-state index in [4.69, 9.17) is 5.79 Å². The number of halogens is 1. The molecule has 0 spiro atoms. The molecule has 4 nitrogen and oxygen atoms in total. The van der Waals surface area contributed by atoms with E-state index in [-0.39, 0.29) is 76.0 Å². The molecule has 0 atom stereocenters. The van der Waals surface area contributed by atoms with Crippen molar-refractivity contribution in [3.63, 3.8) is 0 Å². The summed E-state index contributed by atoms with van der Waals surface area (Å²) in [4.78, 5) is 13.2. The third-order valence-corrected chi connectivity index (χ3v) is 9.49. The fourth-order valence-electron chi connectivity index (χ4n) is 6.71. The van der Waals surface area contributed by atoms with Gasteiger partial charge in [0, 0.05) is 43.2 Å². The first-order valence-corrected chi connectivity index (χ1v) is 19.5. The fraction of sp³-hybridized carbons (Fsp3) is 0.196. The van der Waals surface area contributed by atoms with E-state index in [1.165, 1.54) is 54.6 Å². The van der Waals surface area contributed by atoms with Gasteiger partial charge in [-0.15, -0.1) is 90.0 Å². The molecule has 4 aromatic heterocycles. The van der Waals surface area contributed by atoms with Crippen LogP contribution in [0.5, 0.6) is 0 Å². The van der Waals surface area contributed by atoms with Gasteiger partial charge in [0.2, 0.25) is 0 Å². The number of pyridine rings is 3. The van der Waals surface area contributed by atoms with E-state index in [0.717, 1.165) is 36.8 Å². The minimum absolute atomic E-state index is 0. The quantitative estimate of drug-likeness (QED) is 0.108. The molecule has 0 saturated carbocycles. The van der Waals surface area contributed by atoms with Crippen molar-refractivity contribution in [3.05, 3.63) is 209 Å². The number of aryl methyl sites for hydroxylation is 6. The van der Waals surface area contributed by atoms with Crippen molar-refractivity contribution in [3.8, 4) is 33.8 Å². The van der Waals surface area contributed by atoms with Gasteiger partial charge >= 0.3 is 20.1 Å². The first-order chi connectivity index (χ1) is 35.4.